The fourth-order valence-corrected chi connectivity index (χ4v) is 4.63. The first-order valence-corrected chi connectivity index (χ1v) is 11.3. The van der Waals surface area contributed by atoms with Gasteiger partial charge in [-0.25, -0.2) is 8.42 Å². The predicted octanol–water partition coefficient (Wildman–Crippen LogP) is 1.30. The number of nitrogens with one attached hydrogen (secondary N) is 2. The van der Waals surface area contributed by atoms with E-state index in [9.17, 15) is 13.5 Å². The number of nitrogens with zero attached hydrogens (tertiary/aromatic N) is 2. The van der Waals surface area contributed by atoms with Crippen LogP contribution in [0.3, 0.4) is 0 Å². The Morgan fingerprint density at radius 1 is 1.24 bits per heavy atom. The zero-order valence-electron chi connectivity index (χ0n) is 16.2. The fraction of sp³-hybridized carbons (Fsp3) is 0.941. The van der Waals surface area contributed by atoms with Crippen LogP contribution in [-0.2, 0) is 10.0 Å². The lowest BCUT2D eigenvalue weighted by molar-refractivity contribution is 0.0306. The van der Waals surface area contributed by atoms with Crippen LogP contribution in [0.5, 0.6) is 0 Å². The lowest BCUT2D eigenvalue weighted by Gasteiger charge is -2.27. The van der Waals surface area contributed by atoms with Gasteiger partial charge in [0.15, 0.2) is 5.96 Å². The molecule has 0 spiro atoms. The first kappa shape index (κ1) is 22.2. The zero-order valence-corrected chi connectivity index (χ0v) is 17.0. The van der Waals surface area contributed by atoms with E-state index in [4.69, 9.17) is 0 Å². The van der Waals surface area contributed by atoms with E-state index in [-0.39, 0.29) is 6.04 Å². The molecule has 0 bridgehead atoms. The van der Waals surface area contributed by atoms with Crippen LogP contribution in [0.15, 0.2) is 4.99 Å². The molecule has 8 heteroatoms. The van der Waals surface area contributed by atoms with Crippen molar-refractivity contribution in [1.82, 2.24) is 14.9 Å². The van der Waals surface area contributed by atoms with Crippen molar-refractivity contribution in [3.8, 4) is 0 Å². The molecule has 1 atom stereocenters. The maximum absolute atomic E-state index is 11.8. The molecule has 25 heavy (non-hydrogen) atoms. The molecule has 0 amide bonds. The summed E-state index contributed by atoms with van der Waals surface area (Å²) in [4.78, 5) is 4.55. The Labute approximate surface area is 153 Å². The van der Waals surface area contributed by atoms with E-state index in [1.165, 1.54) is 6.26 Å². The fourth-order valence-electron chi connectivity index (χ4n) is 3.45. The topological polar surface area (TPSA) is 94.0 Å². The molecular formula is C17H36N4O3S. The van der Waals surface area contributed by atoms with Crippen molar-refractivity contribution in [2.75, 3.05) is 32.4 Å². The monoisotopic (exact) mass is 376 g/mol. The molecule has 148 valence electrons. The maximum atomic E-state index is 11.8. The largest absolute Gasteiger partial charge is 0.388 e. The third-order valence-electron chi connectivity index (χ3n) is 4.56. The van der Waals surface area contributed by atoms with Crippen LogP contribution in [0, 0.1) is 0 Å². The van der Waals surface area contributed by atoms with Crippen LogP contribution < -0.4 is 10.6 Å². The Bertz CT molecular complexity index is 516. The van der Waals surface area contributed by atoms with Crippen LogP contribution in [0.1, 0.15) is 59.3 Å². The van der Waals surface area contributed by atoms with Crippen molar-refractivity contribution in [3.05, 3.63) is 0 Å². The second kappa shape index (κ2) is 10.3. The Morgan fingerprint density at radius 3 is 2.40 bits per heavy atom. The van der Waals surface area contributed by atoms with E-state index in [2.05, 4.69) is 29.5 Å². The quantitative estimate of drug-likeness (QED) is 0.395. The average Bonchev–Trinajstić information content (AvgIpc) is 2.99. The van der Waals surface area contributed by atoms with Crippen molar-refractivity contribution in [1.29, 1.82) is 0 Å². The summed E-state index contributed by atoms with van der Waals surface area (Å²) in [5, 5.41) is 17.1. The van der Waals surface area contributed by atoms with Crippen LogP contribution in [0.25, 0.3) is 0 Å². The van der Waals surface area contributed by atoms with Crippen molar-refractivity contribution >= 4 is 16.0 Å². The van der Waals surface area contributed by atoms with Gasteiger partial charge in [0.2, 0.25) is 10.0 Å². The molecule has 0 aromatic carbocycles. The molecule has 1 aliphatic heterocycles. The first-order valence-electron chi connectivity index (χ1n) is 9.47. The van der Waals surface area contributed by atoms with E-state index in [0.29, 0.717) is 32.1 Å². The summed E-state index contributed by atoms with van der Waals surface area (Å²) in [5.41, 5.74) is -0.766. The van der Waals surface area contributed by atoms with Gasteiger partial charge in [0, 0.05) is 25.7 Å². The number of hydrogen-bond acceptors (Lipinski definition) is 4. The van der Waals surface area contributed by atoms with Gasteiger partial charge >= 0.3 is 0 Å². The van der Waals surface area contributed by atoms with Gasteiger partial charge < -0.3 is 15.7 Å². The molecular weight excluding hydrogens is 340 g/mol. The Kier molecular flexibility index (Phi) is 9.16. The molecule has 0 unspecified atom stereocenters. The van der Waals surface area contributed by atoms with Crippen molar-refractivity contribution in [2.45, 2.75) is 70.9 Å². The number of sulfonamides is 1. The van der Waals surface area contributed by atoms with Gasteiger partial charge in [-0.2, -0.15) is 4.31 Å². The molecule has 0 aromatic heterocycles. The Morgan fingerprint density at radius 2 is 1.88 bits per heavy atom. The van der Waals surface area contributed by atoms with Crippen LogP contribution in [0.2, 0.25) is 0 Å². The van der Waals surface area contributed by atoms with Crippen LogP contribution >= 0.6 is 0 Å². The highest BCUT2D eigenvalue weighted by Crippen LogP contribution is 2.21. The van der Waals surface area contributed by atoms with Crippen molar-refractivity contribution in [3.63, 3.8) is 0 Å². The first-order chi connectivity index (χ1) is 11.8. The molecule has 1 saturated heterocycles. The second-order valence-corrected chi connectivity index (χ2v) is 8.91. The number of aliphatic hydroxyl groups is 1. The maximum Gasteiger partial charge on any atom is 0.211 e. The third kappa shape index (κ3) is 7.50. The van der Waals surface area contributed by atoms with Gasteiger partial charge in [-0.15, -0.1) is 0 Å². The number of rotatable bonds is 10. The third-order valence-corrected chi connectivity index (χ3v) is 5.89. The molecule has 3 N–H and O–H groups in total. The Hall–Kier alpha value is -0.860. The second-order valence-electron chi connectivity index (χ2n) is 6.97. The molecule has 1 aliphatic rings. The minimum Gasteiger partial charge on any atom is -0.388 e. The summed E-state index contributed by atoms with van der Waals surface area (Å²) in [7, 11) is -3.17. The lowest BCUT2D eigenvalue weighted by atomic mass is 9.93. The van der Waals surface area contributed by atoms with Gasteiger partial charge in [0.1, 0.15) is 0 Å². The average molecular weight is 377 g/mol. The Balaban J connectivity index is 2.69. The zero-order chi connectivity index (χ0) is 18.9. The minimum atomic E-state index is -3.17. The molecule has 0 aliphatic carbocycles. The van der Waals surface area contributed by atoms with Gasteiger partial charge in [-0.05, 0) is 32.6 Å². The van der Waals surface area contributed by atoms with Crippen molar-refractivity contribution in [2.24, 2.45) is 4.99 Å². The van der Waals surface area contributed by atoms with Gasteiger partial charge in [-0.1, -0.05) is 26.7 Å². The van der Waals surface area contributed by atoms with E-state index >= 15 is 0 Å². The summed E-state index contributed by atoms with van der Waals surface area (Å²) in [6, 6.07) is -0.0379. The van der Waals surface area contributed by atoms with Crippen molar-refractivity contribution < 1.29 is 13.5 Å². The highest BCUT2D eigenvalue weighted by atomic mass is 32.2. The number of aliphatic imine (C=N–C) groups is 1. The highest BCUT2D eigenvalue weighted by molar-refractivity contribution is 7.88. The van der Waals surface area contributed by atoms with E-state index in [0.717, 1.165) is 38.5 Å². The molecule has 1 rings (SSSR count). The standard InChI is InChI=1S/C17H36N4O3S/c1-5-10-17(22,11-6-2)14-20-16(18-7-3)19-13-15-9-8-12-21(15)25(4,23)24/h15,22H,5-14H2,1-4H3,(H2,18,19,20)/t15-/m1/s1. The van der Waals surface area contributed by atoms with E-state index in [1.807, 2.05) is 6.92 Å². The molecule has 7 nitrogen and oxygen atoms in total. The lowest BCUT2D eigenvalue weighted by Crippen LogP contribution is -2.47. The molecule has 0 aromatic rings. The van der Waals surface area contributed by atoms with Crippen LogP contribution in [-0.4, -0.2) is 67.9 Å². The van der Waals surface area contributed by atoms with Gasteiger partial charge in [0.05, 0.1) is 18.4 Å². The summed E-state index contributed by atoms with van der Waals surface area (Å²) < 4.78 is 25.2. The highest BCUT2D eigenvalue weighted by Gasteiger charge is 2.31. The normalized spacial score (nSPS) is 20.0. The summed E-state index contributed by atoms with van der Waals surface area (Å²) >= 11 is 0. The predicted molar refractivity (Wildman–Crippen MR) is 103 cm³/mol. The summed E-state index contributed by atoms with van der Waals surface area (Å²) in [5.74, 6) is 0.633. The summed E-state index contributed by atoms with van der Waals surface area (Å²) in [6.45, 7) is 8.29. The van der Waals surface area contributed by atoms with E-state index in [1.54, 1.807) is 4.31 Å². The molecule has 0 radical (unpaired) electrons. The van der Waals surface area contributed by atoms with Crippen LogP contribution in [0.4, 0.5) is 0 Å². The smallest absolute Gasteiger partial charge is 0.211 e. The number of guanidine groups is 1. The number of hydrogen-bond donors (Lipinski definition) is 3. The molecule has 0 saturated carbocycles. The molecule has 1 fully saturated rings. The SMILES string of the molecule is CCCC(O)(CCC)CN=C(NCC)NC[C@H]1CCCN1S(C)(=O)=O. The van der Waals surface area contributed by atoms with Gasteiger partial charge in [-0.3, -0.25) is 4.99 Å². The summed E-state index contributed by atoms with van der Waals surface area (Å²) in [6.07, 6.45) is 6.31. The van der Waals surface area contributed by atoms with E-state index < -0.39 is 15.6 Å². The van der Waals surface area contributed by atoms with Gasteiger partial charge in [0.25, 0.3) is 0 Å². The minimum absolute atomic E-state index is 0.0379. The molecule has 1 heterocycles.